The zero-order valence-electron chi connectivity index (χ0n) is 9.71. The second kappa shape index (κ2) is 4.50. The number of hydrogen-bond donors (Lipinski definition) is 2. The van der Waals surface area contributed by atoms with Crippen molar-refractivity contribution in [1.29, 1.82) is 0 Å². The molecule has 96 valence electrons. The summed E-state index contributed by atoms with van der Waals surface area (Å²) in [6.45, 7) is 3.53. The van der Waals surface area contributed by atoms with Gasteiger partial charge in [0.25, 0.3) is 10.0 Å². The molecule has 0 bridgehead atoms. The van der Waals surface area contributed by atoms with Gasteiger partial charge in [-0.1, -0.05) is 15.7 Å². The molecule has 1 aromatic carbocycles. The van der Waals surface area contributed by atoms with Crippen LogP contribution in [-0.2, 0) is 10.0 Å². The lowest BCUT2D eigenvalue weighted by molar-refractivity contribution is 0.601. The van der Waals surface area contributed by atoms with Crippen LogP contribution in [0.2, 0.25) is 0 Å². The predicted octanol–water partition coefficient (Wildman–Crippen LogP) is 0.933. The van der Waals surface area contributed by atoms with Crippen LogP contribution in [0.5, 0.6) is 0 Å². The molecule has 0 amide bonds. The Kier molecular flexibility index (Phi) is 3.18. The first-order valence-electron chi connectivity index (χ1n) is 4.95. The van der Waals surface area contributed by atoms with E-state index in [0.717, 1.165) is 17.1 Å². The number of benzene rings is 1. The second-order valence-electron chi connectivity index (χ2n) is 3.70. The van der Waals surface area contributed by atoms with Crippen LogP contribution in [0.25, 0.3) is 0 Å². The lowest BCUT2D eigenvalue weighted by Crippen LogP contribution is -2.16. The minimum absolute atomic E-state index is 0.0673. The summed E-state index contributed by atoms with van der Waals surface area (Å²) in [7, 11) is -3.77. The molecule has 2 aromatic rings. The van der Waals surface area contributed by atoms with Gasteiger partial charge in [0.1, 0.15) is 4.90 Å². The zero-order chi connectivity index (χ0) is 13.3. The van der Waals surface area contributed by atoms with Gasteiger partial charge in [0.05, 0.1) is 5.69 Å². The Morgan fingerprint density at radius 1 is 1.33 bits per heavy atom. The highest BCUT2D eigenvalue weighted by molar-refractivity contribution is 7.93. The van der Waals surface area contributed by atoms with Crippen molar-refractivity contribution in [3.8, 4) is 0 Å². The molecule has 2 rings (SSSR count). The van der Waals surface area contributed by atoms with Crippen LogP contribution in [0.1, 0.15) is 11.1 Å². The largest absolute Gasteiger partial charge is 0.398 e. The van der Waals surface area contributed by atoms with Crippen LogP contribution in [0.3, 0.4) is 0 Å². The van der Waals surface area contributed by atoms with Crippen molar-refractivity contribution >= 4 is 32.4 Å². The third-order valence-corrected chi connectivity index (χ3v) is 4.68. The van der Waals surface area contributed by atoms with Crippen molar-refractivity contribution in [2.75, 3.05) is 10.5 Å². The van der Waals surface area contributed by atoms with E-state index in [4.69, 9.17) is 5.73 Å². The van der Waals surface area contributed by atoms with Gasteiger partial charge in [0.15, 0.2) is 0 Å². The second-order valence-corrected chi connectivity index (χ2v) is 6.05. The summed E-state index contributed by atoms with van der Waals surface area (Å²) in [6.07, 6.45) is 0. The van der Waals surface area contributed by atoms with Crippen molar-refractivity contribution < 1.29 is 8.42 Å². The molecule has 0 fully saturated rings. The van der Waals surface area contributed by atoms with E-state index < -0.39 is 10.0 Å². The molecule has 1 aromatic heterocycles. The number of aromatic nitrogens is 3. The molecule has 3 N–H and O–H groups in total. The summed E-state index contributed by atoms with van der Waals surface area (Å²) in [5, 5.41) is 6.96. The molecule has 9 heteroatoms. The highest BCUT2D eigenvalue weighted by atomic mass is 32.2. The highest BCUT2D eigenvalue weighted by Gasteiger charge is 2.22. The zero-order valence-corrected chi connectivity index (χ0v) is 11.3. The molecule has 0 atom stereocenters. The third kappa shape index (κ3) is 2.27. The number of nitrogens with one attached hydrogen (secondary N) is 1. The maximum atomic E-state index is 12.2. The van der Waals surface area contributed by atoms with Gasteiger partial charge >= 0.3 is 0 Å². The van der Waals surface area contributed by atoms with E-state index in [0.29, 0.717) is 5.56 Å². The van der Waals surface area contributed by atoms with Crippen LogP contribution < -0.4 is 10.5 Å². The Bertz CT molecular complexity index is 667. The first kappa shape index (κ1) is 12.7. The molecule has 7 nitrogen and oxygen atoms in total. The lowest BCUT2D eigenvalue weighted by Gasteiger charge is -2.12. The third-order valence-electron chi connectivity index (χ3n) is 2.50. The Morgan fingerprint density at radius 3 is 2.67 bits per heavy atom. The molecule has 0 aliphatic heterocycles. The van der Waals surface area contributed by atoms with Gasteiger partial charge in [-0.3, -0.25) is 4.72 Å². The summed E-state index contributed by atoms with van der Waals surface area (Å²) < 4.78 is 30.2. The van der Waals surface area contributed by atoms with Crippen LogP contribution in [0.15, 0.2) is 17.0 Å². The Morgan fingerprint density at radius 2 is 2.06 bits per heavy atom. The first-order chi connectivity index (χ1) is 8.42. The number of hydrogen-bond acceptors (Lipinski definition) is 7. The Labute approximate surface area is 108 Å². The minimum Gasteiger partial charge on any atom is -0.398 e. The van der Waals surface area contributed by atoms with Gasteiger partial charge < -0.3 is 5.73 Å². The van der Waals surface area contributed by atoms with Gasteiger partial charge in [0.2, 0.25) is 5.13 Å². The van der Waals surface area contributed by atoms with Crippen LogP contribution in [0, 0.1) is 13.8 Å². The normalized spacial score (nSPS) is 11.4. The topological polar surface area (TPSA) is 111 Å². The monoisotopic (exact) mass is 285 g/mol. The molecule has 0 unspecified atom stereocenters. The maximum Gasteiger partial charge on any atom is 0.266 e. The summed E-state index contributed by atoms with van der Waals surface area (Å²) in [5.41, 5.74) is 7.39. The van der Waals surface area contributed by atoms with Crippen molar-refractivity contribution in [2.45, 2.75) is 18.7 Å². The average Bonchev–Trinajstić information content (AvgIpc) is 2.75. The van der Waals surface area contributed by atoms with Crippen molar-refractivity contribution in [2.24, 2.45) is 0 Å². The van der Waals surface area contributed by atoms with Gasteiger partial charge in [-0.25, -0.2) is 8.42 Å². The molecule has 0 aliphatic rings. The van der Waals surface area contributed by atoms with Gasteiger partial charge in [0, 0.05) is 11.5 Å². The van der Waals surface area contributed by atoms with E-state index in [1.165, 1.54) is 0 Å². The minimum atomic E-state index is -3.77. The molecule has 0 saturated carbocycles. The number of sulfonamides is 1. The summed E-state index contributed by atoms with van der Waals surface area (Å²) >= 11 is 0.857. The fourth-order valence-electron chi connectivity index (χ4n) is 1.51. The van der Waals surface area contributed by atoms with Crippen LogP contribution in [-0.4, -0.2) is 23.2 Å². The number of anilines is 2. The van der Waals surface area contributed by atoms with E-state index in [1.54, 1.807) is 19.1 Å². The molecule has 0 aliphatic carbocycles. The van der Waals surface area contributed by atoms with E-state index in [1.807, 2.05) is 6.92 Å². The highest BCUT2D eigenvalue weighted by Crippen LogP contribution is 2.27. The first-order valence-corrected chi connectivity index (χ1v) is 7.21. The number of nitrogen functional groups attached to an aromatic ring is 1. The number of nitrogens with zero attached hydrogens (tertiary/aromatic N) is 3. The predicted molar refractivity (Wildman–Crippen MR) is 68.8 cm³/mol. The average molecular weight is 285 g/mol. The van der Waals surface area contributed by atoms with Crippen molar-refractivity contribution in [3.63, 3.8) is 0 Å². The quantitative estimate of drug-likeness (QED) is 0.812. The molecule has 0 radical (unpaired) electrons. The van der Waals surface area contributed by atoms with E-state index >= 15 is 0 Å². The Hall–Kier alpha value is -1.74. The SMILES string of the molecule is Cc1ccc(N)c(S(=O)(=O)Nc2nnns2)c1C. The van der Waals surface area contributed by atoms with Gasteiger partial charge in [-0.05, 0) is 36.3 Å². The number of rotatable bonds is 3. The van der Waals surface area contributed by atoms with Crippen molar-refractivity contribution in [3.05, 3.63) is 23.3 Å². The molecule has 0 spiro atoms. The van der Waals surface area contributed by atoms with Gasteiger partial charge in [-0.15, -0.1) is 0 Å². The Balaban J connectivity index is 2.51. The number of aryl methyl sites for hydroxylation is 1. The van der Waals surface area contributed by atoms with Gasteiger partial charge in [-0.2, -0.15) is 0 Å². The van der Waals surface area contributed by atoms with Crippen LogP contribution in [0.4, 0.5) is 10.8 Å². The standard InChI is InChI=1S/C9H11N5O2S2/c1-5-3-4-7(10)8(6(5)2)18(15,16)12-9-11-13-14-17-9/h3-4H,10H2,1-2H3,(H,11,12,14). The molecular weight excluding hydrogens is 274 g/mol. The number of nitrogens with two attached hydrogens (primary N) is 1. The summed E-state index contributed by atoms with van der Waals surface area (Å²) in [4.78, 5) is 0.0673. The summed E-state index contributed by atoms with van der Waals surface area (Å²) in [5.74, 6) is 0. The lowest BCUT2D eigenvalue weighted by atomic mass is 10.1. The maximum absolute atomic E-state index is 12.2. The van der Waals surface area contributed by atoms with E-state index in [2.05, 4.69) is 19.5 Å². The van der Waals surface area contributed by atoms with E-state index in [9.17, 15) is 8.42 Å². The van der Waals surface area contributed by atoms with Crippen LogP contribution >= 0.6 is 11.5 Å². The fraction of sp³-hybridized carbons (Fsp3) is 0.222. The molecule has 18 heavy (non-hydrogen) atoms. The van der Waals surface area contributed by atoms with E-state index in [-0.39, 0.29) is 15.7 Å². The fourth-order valence-corrected chi connectivity index (χ4v) is 3.52. The molecular formula is C9H11N5O2S2. The molecule has 1 heterocycles. The summed E-state index contributed by atoms with van der Waals surface area (Å²) in [6, 6.07) is 3.34. The van der Waals surface area contributed by atoms with Crippen molar-refractivity contribution in [1.82, 2.24) is 14.8 Å². The smallest absolute Gasteiger partial charge is 0.266 e. The molecule has 0 saturated heterocycles.